The van der Waals surface area contributed by atoms with Crippen LogP contribution in [0.4, 0.5) is 0 Å². The number of carbonyl (C=O) groups is 1. The summed E-state index contributed by atoms with van der Waals surface area (Å²) in [7, 11) is -0.646. The van der Waals surface area contributed by atoms with Crippen LogP contribution in [-0.4, -0.2) is 51.6 Å². The number of hydrogen-bond donors (Lipinski definition) is 2. The topological polar surface area (TPSA) is 75.6 Å². The summed E-state index contributed by atoms with van der Waals surface area (Å²) in [6.07, 6.45) is 4.53. The minimum Gasteiger partial charge on any atom is -0.466 e. The molecule has 1 heterocycles. The average molecular weight is 317 g/mol. The van der Waals surface area contributed by atoms with E-state index in [0.29, 0.717) is 44.9 Å². The van der Waals surface area contributed by atoms with Gasteiger partial charge in [-0.1, -0.05) is 0 Å². The Hall–Kier alpha value is -0.460. The average Bonchev–Trinajstić information content (AvgIpc) is 2.48. The highest BCUT2D eigenvalue weighted by molar-refractivity contribution is 7.85. The molecule has 2 rings (SSSR count). The fourth-order valence-corrected chi connectivity index (χ4v) is 4.46. The van der Waals surface area contributed by atoms with Crippen LogP contribution in [0.3, 0.4) is 0 Å². The molecule has 0 bridgehead atoms. The number of ether oxygens (including phenoxy) is 1. The molecule has 0 aromatic carbocycles. The van der Waals surface area contributed by atoms with Crippen LogP contribution < -0.4 is 5.32 Å². The zero-order chi connectivity index (χ0) is 15.3. The van der Waals surface area contributed by atoms with E-state index in [9.17, 15) is 14.1 Å². The summed E-state index contributed by atoms with van der Waals surface area (Å²) in [5.74, 6) is 1.35. The van der Waals surface area contributed by atoms with E-state index in [-0.39, 0.29) is 11.9 Å². The van der Waals surface area contributed by atoms with Crippen LogP contribution in [0.15, 0.2) is 0 Å². The summed E-state index contributed by atoms with van der Waals surface area (Å²) >= 11 is 0. The molecule has 0 radical (unpaired) electrons. The lowest BCUT2D eigenvalue weighted by Crippen LogP contribution is -2.48. The fourth-order valence-electron chi connectivity index (χ4n) is 3.16. The van der Waals surface area contributed by atoms with Gasteiger partial charge in [0, 0.05) is 34.9 Å². The molecule has 1 aliphatic heterocycles. The van der Waals surface area contributed by atoms with Crippen molar-refractivity contribution in [3.63, 3.8) is 0 Å². The molecule has 0 unspecified atom stereocenters. The number of hydrogen-bond acceptors (Lipinski definition) is 5. The summed E-state index contributed by atoms with van der Waals surface area (Å²) in [4.78, 5) is 11.7. The van der Waals surface area contributed by atoms with Crippen LogP contribution in [0, 0.1) is 5.92 Å². The van der Waals surface area contributed by atoms with Gasteiger partial charge in [0.05, 0.1) is 18.1 Å². The first kappa shape index (κ1) is 16.9. The molecule has 1 aliphatic carbocycles. The standard InChI is InChI=1S/C15H27NO4S/c1-2-20-14(17)12-3-7-15(18,8-4-12)11-16-13-5-9-21(19)10-6-13/h12-13,16,18H,2-11H2,1H3. The highest BCUT2D eigenvalue weighted by Gasteiger charge is 2.36. The lowest BCUT2D eigenvalue weighted by atomic mass is 9.78. The SMILES string of the molecule is CCOC(=O)C1CCC(O)(CNC2CCS(=O)CC2)CC1. The predicted molar refractivity (Wildman–Crippen MR) is 82.4 cm³/mol. The molecule has 2 N–H and O–H groups in total. The smallest absolute Gasteiger partial charge is 0.308 e. The maximum atomic E-state index is 11.7. The van der Waals surface area contributed by atoms with Gasteiger partial charge in [-0.05, 0) is 45.4 Å². The molecule has 5 nitrogen and oxygen atoms in total. The van der Waals surface area contributed by atoms with E-state index in [1.54, 1.807) is 0 Å². The Labute approximate surface area is 129 Å². The molecule has 0 aromatic rings. The van der Waals surface area contributed by atoms with Crippen molar-refractivity contribution in [2.45, 2.75) is 57.1 Å². The van der Waals surface area contributed by atoms with E-state index >= 15 is 0 Å². The van der Waals surface area contributed by atoms with Crippen LogP contribution >= 0.6 is 0 Å². The third-order valence-electron chi connectivity index (χ3n) is 4.64. The molecule has 122 valence electrons. The molecule has 1 saturated heterocycles. The van der Waals surface area contributed by atoms with Crippen molar-refractivity contribution in [3.8, 4) is 0 Å². The largest absolute Gasteiger partial charge is 0.466 e. The van der Waals surface area contributed by atoms with Gasteiger partial charge in [-0.3, -0.25) is 9.00 Å². The molecular formula is C15H27NO4S. The van der Waals surface area contributed by atoms with E-state index in [1.165, 1.54) is 0 Å². The minimum absolute atomic E-state index is 0.0534. The predicted octanol–water partition coefficient (Wildman–Crippen LogP) is 0.971. The number of carbonyl (C=O) groups excluding carboxylic acids is 1. The second-order valence-corrected chi connectivity index (χ2v) is 7.95. The molecule has 2 fully saturated rings. The van der Waals surface area contributed by atoms with E-state index < -0.39 is 16.4 Å². The zero-order valence-corrected chi connectivity index (χ0v) is 13.6. The van der Waals surface area contributed by atoms with Gasteiger partial charge in [0.2, 0.25) is 0 Å². The Morgan fingerprint density at radius 2 is 1.90 bits per heavy atom. The second kappa shape index (κ2) is 7.70. The lowest BCUT2D eigenvalue weighted by Gasteiger charge is -2.37. The van der Waals surface area contributed by atoms with Crippen molar-refractivity contribution in [3.05, 3.63) is 0 Å². The van der Waals surface area contributed by atoms with E-state index in [4.69, 9.17) is 4.74 Å². The Balaban J connectivity index is 1.72. The van der Waals surface area contributed by atoms with Gasteiger partial charge in [-0.2, -0.15) is 0 Å². The van der Waals surface area contributed by atoms with Gasteiger partial charge in [0.25, 0.3) is 0 Å². The minimum atomic E-state index is -0.709. The van der Waals surface area contributed by atoms with Gasteiger partial charge < -0.3 is 15.2 Å². The lowest BCUT2D eigenvalue weighted by molar-refractivity contribution is -0.151. The van der Waals surface area contributed by atoms with Crippen LogP contribution in [0.25, 0.3) is 0 Å². The molecular weight excluding hydrogens is 290 g/mol. The van der Waals surface area contributed by atoms with E-state index in [0.717, 1.165) is 24.3 Å². The van der Waals surface area contributed by atoms with Crippen molar-refractivity contribution < 1.29 is 18.8 Å². The molecule has 0 aromatic heterocycles. The molecule has 0 spiro atoms. The summed E-state index contributed by atoms with van der Waals surface area (Å²) in [6.45, 7) is 2.81. The van der Waals surface area contributed by atoms with Crippen molar-refractivity contribution in [1.29, 1.82) is 0 Å². The van der Waals surface area contributed by atoms with Crippen LogP contribution in [-0.2, 0) is 20.3 Å². The second-order valence-electron chi connectivity index (χ2n) is 6.25. The Kier molecular flexibility index (Phi) is 6.20. The van der Waals surface area contributed by atoms with Gasteiger partial charge in [0.15, 0.2) is 0 Å². The van der Waals surface area contributed by atoms with Crippen LogP contribution in [0.1, 0.15) is 45.4 Å². The summed E-state index contributed by atoms with van der Waals surface area (Å²) in [5.41, 5.74) is -0.709. The quantitative estimate of drug-likeness (QED) is 0.739. The zero-order valence-electron chi connectivity index (χ0n) is 12.8. The van der Waals surface area contributed by atoms with E-state index in [2.05, 4.69) is 5.32 Å². The fraction of sp³-hybridized carbons (Fsp3) is 0.933. The van der Waals surface area contributed by atoms with Crippen molar-refractivity contribution >= 4 is 16.8 Å². The van der Waals surface area contributed by atoms with E-state index in [1.807, 2.05) is 6.92 Å². The first-order valence-corrected chi connectivity index (χ1v) is 9.48. The molecule has 0 amide bonds. The van der Waals surface area contributed by atoms with Gasteiger partial charge in [-0.25, -0.2) is 0 Å². The van der Waals surface area contributed by atoms with Crippen LogP contribution in [0.5, 0.6) is 0 Å². The number of aliphatic hydroxyl groups is 1. The van der Waals surface area contributed by atoms with Crippen LogP contribution in [0.2, 0.25) is 0 Å². The Bertz CT molecular complexity index is 370. The van der Waals surface area contributed by atoms with Crippen molar-refractivity contribution in [2.75, 3.05) is 24.7 Å². The molecule has 6 heteroatoms. The molecule has 21 heavy (non-hydrogen) atoms. The van der Waals surface area contributed by atoms with Gasteiger partial charge >= 0.3 is 5.97 Å². The number of rotatable bonds is 5. The first-order chi connectivity index (χ1) is 10.0. The maximum Gasteiger partial charge on any atom is 0.308 e. The molecule has 0 atom stereocenters. The number of esters is 1. The first-order valence-electron chi connectivity index (χ1n) is 8.00. The van der Waals surface area contributed by atoms with Gasteiger partial charge in [-0.15, -0.1) is 0 Å². The summed E-state index contributed by atoms with van der Waals surface area (Å²) < 4.78 is 16.4. The number of nitrogens with one attached hydrogen (secondary N) is 1. The Morgan fingerprint density at radius 3 is 2.48 bits per heavy atom. The van der Waals surface area contributed by atoms with Crippen molar-refractivity contribution in [1.82, 2.24) is 5.32 Å². The summed E-state index contributed by atoms with van der Waals surface area (Å²) in [5, 5.41) is 14.0. The Morgan fingerprint density at radius 1 is 1.29 bits per heavy atom. The molecule has 1 saturated carbocycles. The summed E-state index contributed by atoms with van der Waals surface area (Å²) in [6, 6.07) is 0.370. The maximum absolute atomic E-state index is 11.7. The molecule has 2 aliphatic rings. The van der Waals surface area contributed by atoms with Crippen molar-refractivity contribution in [2.24, 2.45) is 5.92 Å². The highest BCUT2D eigenvalue weighted by atomic mass is 32.2. The monoisotopic (exact) mass is 317 g/mol. The van der Waals surface area contributed by atoms with Gasteiger partial charge in [0.1, 0.15) is 0 Å². The third-order valence-corrected chi connectivity index (χ3v) is 6.03. The third kappa shape index (κ3) is 5.04. The highest BCUT2D eigenvalue weighted by Crippen LogP contribution is 2.32. The normalized spacial score (nSPS) is 37.1.